The molecule has 2 saturated heterocycles. The van der Waals surface area contributed by atoms with E-state index in [1.807, 2.05) is 0 Å². The van der Waals surface area contributed by atoms with Crippen molar-refractivity contribution in [2.75, 3.05) is 17.9 Å². The smallest absolute Gasteiger partial charge is 0.212 e. The first kappa shape index (κ1) is 21.7. The van der Waals surface area contributed by atoms with Gasteiger partial charge in [0.15, 0.2) is 0 Å². The molecule has 6 heteroatoms. The molecular weight excluding hydrogens is 421 g/mol. The number of nitrogens with one attached hydrogen (secondary N) is 2. The normalized spacial score (nSPS) is 29.5. The summed E-state index contributed by atoms with van der Waals surface area (Å²) in [7, 11) is 0. The molecule has 5 rings (SSSR count). The Labute approximate surface area is 192 Å². The molecule has 31 heavy (non-hydrogen) atoms. The van der Waals surface area contributed by atoms with Gasteiger partial charge in [-0.3, -0.25) is 5.43 Å². The fraction of sp³-hybridized carbons (Fsp3) is 0.600. The lowest BCUT2D eigenvalue weighted by atomic mass is 9.82. The second-order valence-electron chi connectivity index (χ2n) is 10.4. The summed E-state index contributed by atoms with van der Waals surface area (Å²) in [6.07, 6.45) is 11.5. The van der Waals surface area contributed by atoms with Gasteiger partial charge in [-0.05, 0) is 61.5 Å². The Balaban J connectivity index is 1.62. The number of likely N-dealkylation sites (tertiary alicyclic amines) is 1. The molecular formula is C25H37N3OPS+. The standard InChI is InChI=1S/C25H36N3OPS/c1-25(2)18-22-24(23(19-25)27-16-10-5-11-17-27)30(31,29-21-14-8-4-9-15-21)28(26-22)20-12-6-3-7-13-20/h3,6-7,12-13,18,21,26H,4-5,8-11,14-17,19H2,1-2H3/p+1/t30-/m1/s1. The van der Waals surface area contributed by atoms with Crippen molar-refractivity contribution < 1.29 is 9.42 Å². The summed E-state index contributed by atoms with van der Waals surface area (Å²) in [6, 6.07) is 10.6. The molecule has 2 N–H and O–H groups in total. The molecule has 2 aliphatic heterocycles. The Kier molecular flexibility index (Phi) is 6.07. The molecule has 1 atom stereocenters. The van der Waals surface area contributed by atoms with E-state index >= 15 is 0 Å². The SMILES string of the molecule is CC1(C)C=C2NN(c3ccccc3)[P@@](=S)(OC3CCCCC3)C2=C([NH+]2CCCCC2)C1. The van der Waals surface area contributed by atoms with Gasteiger partial charge in [-0.1, -0.05) is 57.4 Å². The van der Waals surface area contributed by atoms with Gasteiger partial charge in [0.05, 0.1) is 30.6 Å². The van der Waals surface area contributed by atoms with Gasteiger partial charge in [0.2, 0.25) is 6.42 Å². The zero-order valence-electron chi connectivity index (χ0n) is 19.0. The lowest BCUT2D eigenvalue weighted by Gasteiger charge is -2.37. The third kappa shape index (κ3) is 4.27. The second kappa shape index (κ2) is 8.67. The molecule has 3 fully saturated rings. The molecule has 0 spiro atoms. The zero-order chi connectivity index (χ0) is 21.5. The third-order valence-corrected chi connectivity index (χ3v) is 11.0. The molecule has 168 valence electrons. The molecule has 4 aliphatic rings. The van der Waals surface area contributed by atoms with Gasteiger partial charge in [-0.2, -0.15) is 0 Å². The topological polar surface area (TPSA) is 28.9 Å². The van der Waals surface area contributed by atoms with Crippen molar-refractivity contribution in [3.63, 3.8) is 0 Å². The highest BCUT2D eigenvalue weighted by Crippen LogP contribution is 2.68. The van der Waals surface area contributed by atoms with Gasteiger partial charge in [-0.25, -0.2) is 4.78 Å². The van der Waals surface area contributed by atoms with Crippen molar-refractivity contribution in [2.45, 2.75) is 77.7 Å². The highest BCUT2D eigenvalue weighted by atomic mass is 32.4. The van der Waals surface area contributed by atoms with E-state index in [0.717, 1.165) is 24.9 Å². The summed E-state index contributed by atoms with van der Waals surface area (Å²) >= 11 is 6.61. The third-order valence-electron chi connectivity index (χ3n) is 7.21. The van der Waals surface area contributed by atoms with E-state index < -0.39 is 6.42 Å². The van der Waals surface area contributed by atoms with E-state index in [0.29, 0.717) is 0 Å². The molecule has 2 heterocycles. The molecule has 1 aromatic carbocycles. The lowest BCUT2D eigenvalue weighted by Crippen LogP contribution is -3.11. The minimum absolute atomic E-state index is 0.128. The number of piperidine rings is 1. The van der Waals surface area contributed by atoms with Gasteiger partial charge >= 0.3 is 0 Å². The molecule has 0 unspecified atom stereocenters. The van der Waals surface area contributed by atoms with Crippen molar-refractivity contribution in [1.29, 1.82) is 0 Å². The maximum absolute atomic E-state index is 7.04. The molecule has 2 aliphatic carbocycles. The summed E-state index contributed by atoms with van der Waals surface area (Å²) < 4.78 is 9.28. The van der Waals surface area contributed by atoms with Gasteiger partial charge in [0, 0.05) is 6.42 Å². The Morgan fingerprint density at radius 2 is 1.71 bits per heavy atom. The van der Waals surface area contributed by atoms with Crippen LogP contribution in [0.2, 0.25) is 0 Å². The van der Waals surface area contributed by atoms with Crippen LogP contribution in [0.1, 0.15) is 71.6 Å². The molecule has 1 saturated carbocycles. The average Bonchev–Trinajstić information content (AvgIpc) is 3.06. The predicted molar refractivity (Wildman–Crippen MR) is 132 cm³/mol. The first-order valence-corrected chi connectivity index (χ1v) is 14.9. The van der Waals surface area contributed by atoms with Crippen molar-refractivity contribution in [3.05, 3.63) is 53.1 Å². The van der Waals surface area contributed by atoms with E-state index in [4.69, 9.17) is 16.3 Å². The van der Waals surface area contributed by atoms with Gasteiger partial charge in [-0.15, -0.1) is 0 Å². The summed E-state index contributed by atoms with van der Waals surface area (Å²) in [6.45, 7) is 7.18. The van der Waals surface area contributed by atoms with Gasteiger partial charge < -0.3 is 9.42 Å². The molecule has 0 bridgehead atoms. The molecule has 1 aromatic rings. The maximum Gasteiger partial charge on any atom is 0.212 e. The van der Waals surface area contributed by atoms with E-state index in [-0.39, 0.29) is 11.5 Å². The van der Waals surface area contributed by atoms with Crippen LogP contribution in [0.4, 0.5) is 5.69 Å². The summed E-state index contributed by atoms with van der Waals surface area (Å²) in [5.74, 6) is 0. The monoisotopic (exact) mass is 458 g/mol. The quantitative estimate of drug-likeness (QED) is 0.602. The number of hydrazine groups is 1. The average molecular weight is 459 g/mol. The number of para-hydroxylation sites is 1. The Hall–Kier alpha value is -1.13. The first-order valence-electron chi connectivity index (χ1n) is 12.2. The fourth-order valence-corrected chi connectivity index (χ4v) is 9.82. The molecule has 0 aromatic heterocycles. The van der Waals surface area contributed by atoms with E-state index in [1.54, 1.807) is 4.90 Å². The van der Waals surface area contributed by atoms with Gasteiger partial charge in [0.1, 0.15) is 11.0 Å². The lowest BCUT2D eigenvalue weighted by molar-refractivity contribution is -0.868. The summed E-state index contributed by atoms with van der Waals surface area (Å²) in [5.41, 5.74) is 7.76. The van der Waals surface area contributed by atoms with Crippen molar-refractivity contribution >= 4 is 23.9 Å². The number of anilines is 1. The number of hydrogen-bond donors (Lipinski definition) is 2. The highest BCUT2D eigenvalue weighted by molar-refractivity contribution is 8.15. The number of benzene rings is 1. The second-order valence-corrected chi connectivity index (χ2v) is 13.9. The van der Waals surface area contributed by atoms with Crippen LogP contribution >= 0.6 is 6.42 Å². The van der Waals surface area contributed by atoms with Crippen LogP contribution in [-0.4, -0.2) is 19.2 Å². The first-order chi connectivity index (χ1) is 15.0. The largest absolute Gasteiger partial charge is 0.326 e. The van der Waals surface area contributed by atoms with Crippen LogP contribution in [0.25, 0.3) is 0 Å². The van der Waals surface area contributed by atoms with Crippen LogP contribution in [0.15, 0.2) is 53.1 Å². The number of fused-ring (bicyclic) bond motifs is 1. The van der Waals surface area contributed by atoms with E-state index in [2.05, 4.69) is 60.5 Å². The van der Waals surface area contributed by atoms with Crippen LogP contribution in [0.5, 0.6) is 0 Å². The number of quaternary nitrogens is 1. The zero-order valence-corrected chi connectivity index (χ0v) is 20.7. The highest BCUT2D eigenvalue weighted by Gasteiger charge is 2.50. The van der Waals surface area contributed by atoms with E-state index in [1.165, 1.54) is 68.3 Å². The Bertz CT molecular complexity index is 914. The molecule has 0 radical (unpaired) electrons. The van der Waals surface area contributed by atoms with Crippen molar-refractivity contribution in [2.24, 2.45) is 5.41 Å². The summed E-state index contributed by atoms with van der Waals surface area (Å²) in [4.78, 5) is 1.65. The van der Waals surface area contributed by atoms with Crippen molar-refractivity contribution in [3.8, 4) is 0 Å². The molecule has 0 amide bonds. The predicted octanol–water partition coefficient (Wildman–Crippen LogP) is 5.26. The van der Waals surface area contributed by atoms with E-state index in [9.17, 15) is 0 Å². The van der Waals surface area contributed by atoms with Crippen LogP contribution in [0, 0.1) is 5.41 Å². The number of hydrogen-bond acceptors (Lipinski definition) is 3. The number of rotatable bonds is 4. The minimum atomic E-state index is -2.44. The van der Waals surface area contributed by atoms with Gasteiger partial charge in [0.25, 0.3) is 0 Å². The van der Waals surface area contributed by atoms with Crippen LogP contribution < -0.4 is 15.1 Å². The van der Waals surface area contributed by atoms with Crippen LogP contribution in [0.3, 0.4) is 0 Å². The number of nitrogens with zero attached hydrogens (tertiary/aromatic N) is 1. The number of allylic oxidation sites excluding steroid dienone is 3. The van der Waals surface area contributed by atoms with Crippen molar-refractivity contribution in [1.82, 2.24) is 5.43 Å². The van der Waals surface area contributed by atoms with Crippen LogP contribution in [-0.2, 0) is 16.3 Å². The molecule has 4 nitrogen and oxygen atoms in total. The Morgan fingerprint density at radius 3 is 2.42 bits per heavy atom. The fourth-order valence-electron chi connectivity index (χ4n) is 5.73. The minimum Gasteiger partial charge on any atom is -0.326 e. The Morgan fingerprint density at radius 1 is 1.03 bits per heavy atom. The summed E-state index contributed by atoms with van der Waals surface area (Å²) in [5, 5.41) is 1.34. The maximum atomic E-state index is 7.04.